The summed E-state index contributed by atoms with van der Waals surface area (Å²) in [6, 6.07) is 28.7. The van der Waals surface area contributed by atoms with Crippen molar-refractivity contribution in [2.45, 2.75) is 6.92 Å². The molecule has 0 fully saturated rings. The van der Waals surface area contributed by atoms with E-state index in [9.17, 15) is 0 Å². The molecule has 0 saturated heterocycles. The van der Waals surface area contributed by atoms with Crippen LogP contribution in [0, 0.1) is 6.92 Å². The highest BCUT2D eigenvalue weighted by molar-refractivity contribution is 5.83. The highest BCUT2D eigenvalue weighted by Gasteiger charge is 2.23. The summed E-state index contributed by atoms with van der Waals surface area (Å²) in [5, 5.41) is 4.72. The second-order valence-electron chi connectivity index (χ2n) is 6.83. The van der Waals surface area contributed by atoms with Gasteiger partial charge in [0, 0.05) is 16.8 Å². The van der Waals surface area contributed by atoms with E-state index in [1.807, 2.05) is 60.0 Å². The average molecular weight is 380 g/mol. The van der Waals surface area contributed by atoms with Crippen molar-refractivity contribution in [2.24, 2.45) is 0 Å². The Morgan fingerprint density at radius 1 is 0.724 bits per heavy atom. The van der Waals surface area contributed by atoms with Gasteiger partial charge >= 0.3 is 0 Å². The zero-order chi connectivity index (χ0) is 19.8. The van der Waals surface area contributed by atoms with Crippen LogP contribution in [0.3, 0.4) is 0 Å². The van der Waals surface area contributed by atoms with Crippen LogP contribution in [0.15, 0.2) is 84.9 Å². The lowest BCUT2D eigenvalue weighted by molar-refractivity contribution is 0.415. The van der Waals surface area contributed by atoms with Crippen LogP contribution in [0.25, 0.3) is 34.0 Å². The van der Waals surface area contributed by atoms with E-state index in [1.54, 1.807) is 7.11 Å². The third-order valence-corrected chi connectivity index (χ3v) is 4.98. The molecule has 5 rings (SSSR count). The summed E-state index contributed by atoms with van der Waals surface area (Å²) < 4.78 is 9.45. The predicted molar refractivity (Wildman–Crippen MR) is 114 cm³/mol. The number of aryl methyl sites for hydroxylation is 1. The summed E-state index contributed by atoms with van der Waals surface area (Å²) in [6.07, 6.45) is 0. The van der Waals surface area contributed by atoms with Crippen molar-refractivity contribution in [3.8, 4) is 34.0 Å². The maximum absolute atomic E-state index is 5.34. The van der Waals surface area contributed by atoms with Crippen LogP contribution in [0.1, 0.15) is 5.82 Å². The molecule has 2 heterocycles. The van der Waals surface area contributed by atoms with E-state index in [-0.39, 0.29) is 0 Å². The number of ether oxygens (including phenoxy) is 1. The highest BCUT2D eigenvalue weighted by Crippen LogP contribution is 2.37. The molecule has 0 N–H and O–H groups in total. The standard InChI is InChI=1S/C24H20N4O/c1-17-25-24-27(20-13-15-21(29-2)16-14-20)22(18-9-5-3-6-10-18)23(28(24)26-17)19-11-7-4-8-12-19/h3-16H,1-2H3. The number of benzene rings is 3. The van der Waals surface area contributed by atoms with Crippen molar-refractivity contribution >= 4 is 5.78 Å². The Hall–Kier alpha value is -3.86. The molecule has 3 aromatic carbocycles. The molecule has 0 aliphatic rings. The zero-order valence-electron chi connectivity index (χ0n) is 16.3. The Bertz CT molecular complexity index is 1270. The predicted octanol–water partition coefficient (Wildman–Crippen LogP) is 5.17. The molecule has 5 heteroatoms. The zero-order valence-corrected chi connectivity index (χ0v) is 16.3. The van der Waals surface area contributed by atoms with Gasteiger partial charge in [-0.05, 0) is 31.2 Å². The van der Waals surface area contributed by atoms with Gasteiger partial charge in [0.1, 0.15) is 17.3 Å². The number of hydrogen-bond acceptors (Lipinski definition) is 3. The second kappa shape index (κ2) is 6.95. The van der Waals surface area contributed by atoms with Gasteiger partial charge in [0.05, 0.1) is 12.8 Å². The van der Waals surface area contributed by atoms with Gasteiger partial charge in [-0.25, -0.2) is 0 Å². The molecule has 0 bridgehead atoms. The molecule has 5 nitrogen and oxygen atoms in total. The SMILES string of the molecule is COc1ccc(-n2c(-c3ccccc3)c(-c3ccccc3)n3nc(C)nc23)cc1. The number of rotatable bonds is 4. The van der Waals surface area contributed by atoms with Crippen molar-refractivity contribution in [1.29, 1.82) is 0 Å². The van der Waals surface area contributed by atoms with Crippen molar-refractivity contribution in [1.82, 2.24) is 19.2 Å². The third-order valence-electron chi connectivity index (χ3n) is 4.98. The summed E-state index contributed by atoms with van der Waals surface area (Å²) >= 11 is 0. The van der Waals surface area contributed by atoms with E-state index in [4.69, 9.17) is 14.8 Å². The van der Waals surface area contributed by atoms with Crippen molar-refractivity contribution in [3.63, 3.8) is 0 Å². The molecule has 0 unspecified atom stereocenters. The minimum Gasteiger partial charge on any atom is -0.497 e. The lowest BCUT2D eigenvalue weighted by Crippen LogP contribution is -1.99. The smallest absolute Gasteiger partial charge is 0.238 e. The third kappa shape index (κ3) is 2.88. The number of aromatic nitrogens is 4. The largest absolute Gasteiger partial charge is 0.497 e. The molecule has 0 spiro atoms. The van der Waals surface area contributed by atoms with Crippen LogP contribution in [-0.4, -0.2) is 26.3 Å². The van der Waals surface area contributed by atoms with Crippen LogP contribution in [0.4, 0.5) is 0 Å². The molecule has 0 radical (unpaired) electrons. The van der Waals surface area contributed by atoms with Gasteiger partial charge in [-0.15, -0.1) is 5.10 Å². The fourth-order valence-corrected chi connectivity index (χ4v) is 3.70. The number of methoxy groups -OCH3 is 1. The Morgan fingerprint density at radius 3 is 1.90 bits per heavy atom. The summed E-state index contributed by atoms with van der Waals surface area (Å²) in [4.78, 5) is 4.75. The Morgan fingerprint density at radius 2 is 1.31 bits per heavy atom. The van der Waals surface area contributed by atoms with Gasteiger partial charge in [0.2, 0.25) is 5.78 Å². The van der Waals surface area contributed by atoms with Gasteiger partial charge < -0.3 is 4.74 Å². The van der Waals surface area contributed by atoms with Crippen LogP contribution in [0.5, 0.6) is 5.75 Å². The molecule has 0 aliphatic heterocycles. The maximum Gasteiger partial charge on any atom is 0.238 e. The minimum atomic E-state index is 0.735. The average Bonchev–Trinajstić information content (AvgIpc) is 3.29. The monoisotopic (exact) mass is 380 g/mol. The maximum atomic E-state index is 5.34. The second-order valence-corrected chi connectivity index (χ2v) is 6.83. The molecule has 142 valence electrons. The first kappa shape index (κ1) is 17.3. The quantitative estimate of drug-likeness (QED) is 0.432. The van der Waals surface area contributed by atoms with E-state index < -0.39 is 0 Å². The van der Waals surface area contributed by atoms with Crippen molar-refractivity contribution in [3.05, 3.63) is 90.8 Å². The highest BCUT2D eigenvalue weighted by atomic mass is 16.5. The normalized spacial score (nSPS) is 11.1. The van der Waals surface area contributed by atoms with Crippen molar-refractivity contribution < 1.29 is 4.74 Å². The van der Waals surface area contributed by atoms with E-state index in [0.717, 1.165) is 45.6 Å². The van der Waals surface area contributed by atoms with E-state index in [0.29, 0.717) is 0 Å². The minimum absolute atomic E-state index is 0.735. The number of nitrogens with zero attached hydrogens (tertiary/aromatic N) is 4. The summed E-state index contributed by atoms with van der Waals surface area (Å²) in [5.41, 5.74) is 5.27. The topological polar surface area (TPSA) is 44.4 Å². The van der Waals surface area contributed by atoms with Gasteiger partial charge in [-0.3, -0.25) is 4.57 Å². The molecule has 0 saturated carbocycles. The van der Waals surface area contributed by atoms with E-state index in [2.05, 4.69) is 41.0 Å². The first-order valence-electron chi connectivity index (χ1n) is 9.49. The Labute approximate surface area is 168 Å². The fourth-order valence-electron chi connectivity index (χ4n) is 3.70. The van der Waals surface area contributed by atoms with Gasteiger partial charge in [0.25, 0.3) is 0 Å². The Kier molecular flexibility index (Phi) is 4.13. The molecule has 29 heavy (non-hydrogen) atoms. The van der Waals surface area contributed by atoms with E-state index >= 15 is 0 Å². The first-order chi connectivity index (χ1) is 14.3. The molecular formula is C24H20N4O. The number of imidazole rings is 1. The van der Waals surface area contributed by atoms with Crippen molar-refractivity contribution in [2.75, 3.05) is 7.11 Å². The molecule has 2 aromatic heterocycles. The van der Waals surface area contributed by atoms with Crippen LogP contribution < -0.4 is 4.74 Å². The van der Waals surface area contributed by atoms with Gasteiger partial charge in [-0.2, -0.15) is 9.50 Å². The molecule has 0 atom stereocenters. The molecule has 5 aromatic rings. The molecular weight excluding hydrogens is 360 g/mol. The van der Waals surface area contributed by atoms with Crippen LogP contribution in [0.2, 0.25) is 0 Å². The van der Waals surface area contributed by atoms with Gasteiger partial charge in [-0.1, -0.05) is 60.7 Å². The lowest BCUT2D eigenvalue weighted by Gasteiger charge is -2.12. The van der Waals surface area contributed by atoms with Crippen LogP contribution >= 0.6 is 0 Å². The lowest BCUT2D eigenvalue weighted by atomic mass is 10.0. The summed E-state index contributed by atoms with van der Waals surface area (Å²) in [6.45, 7) is 1.92. The van der Waals surface area contributed by atoms with Gasteiger partial charge in [0.15, 0.2) is 0 Å². The number of fused-ring (bicyclic) bond motifs is 1. The molecule has 0 amide bonds. The summed E-state index contributed by atoms with van der Waals surface area (Å²) in [5.74, 6) is 2.34. The fraction of sp³-hybridized carbons (Fsp3) is 0.0833. The number of hydrogen-bond donors (Lipinski definition) is 0. The van der Waals surface area contributed by atoms with Crippen LogP contribution in [-0.2, 0) is 0 Å². The first-order valence-corrected chi connectivity index (χ1v) is 9.49. The Balaban J connectivity index is 1.90. The molecule has 0 aliphatic carbocycles. The summed E-state index contributed by atoms with van der Waals surface area (Å²) in [7, 11) is 1.67. The van der Waals surface area contributed by atoms with E-state index in [1.165, 1.54) is 0 Å².